The molecule has 0 aliphatic carbocycles. The molecule has 0 saturated carbocycles. The van der Waals surface area contributed by atoms with Crippen LogP contribution < -0.4 is 11.1 Å². The van der Waals surface area contributed by atoms with Crippen molar-refractivity contribution < 1.29 is 4.79 Å². The number of thiocarbonyl (C=S) groups is 1. The minimum Gasteiger partial charge on any atom is -0.389 e. The average Bonchev–Trinajstić information content (AvgIpc) is 2.96. The van der Waals surface area contributed by atoms with Crippen LogP contribution in [0, 0.1) is 0 Å². The number of carbonyl (C=O) groups is 1. The molecule has 0 spiro atoms. The molecule has 0 unspecified atom stereocenters. The molecule has 100 valence electrons. The lowest BCUT2D eigenvalue weighted by molar-refractivity contribution is 0.102. The molecule has 9 heteroatoms. The SMILES string of the molecule is CC(C)c1nnsc1C(=O)Nc1[nH]ncc1C(N)=S. The van der Waals surface area contributed by atoms with E-state index >= 15 is 0 Å². The summed E-state index contributed by atoms with van der Waals surface area (Å²) in [6.07, 6.45) is 1.46. The van der Waals surface area contributed by atoms with Gasteiger partial charge in [0.25, 0.3) is 5.91 Å². The van der Waals surface area contributed by atoms with Crippen molar-refractivity contribution in [1.29, 1.82) is 0 Å². The summed E-state index contributed by atoms with van der Waals surface area (Å²) in [6, 6.07) is 0. The lowest BCUT2D eigenvalue weighted by atomic mass is 10.1. The van der Waals surface area contributed by atoms with Crippen LogP contribution in [0.5, 0.6) is 0 Å². The molecular weight excluding hydrogens is 284 g/mol. The van der Waals surface area contributed by atoms with E-state index in [2.05, 4.69) is 25.1 Å². The van der Waals surface area contributed by atoms with E-state index in [0.29, 0.717) is 22.0 Å². The molecule has 0 aromatic carbocycles. The van der Waals surface area contributed by atoms with Gasteiger partial charge in [0.1, 0.15) is 15.7 Å². The summed E-state index contributed by atoms with van der Waals surface area (Å²) in [5, 5.41) is 13.1. The number of aromatic amines is 1. The quantitative estimate of drug-likeness (QED) is 0.733. The molecule has 2 aromatic rings. The number of carbonyl (C=O) groups excluding carboxylic acids is 1. The third-order valence-corrected chi connectivity index (χ3v) is 3.37. The van der Waals surface area contributed by atoms with Crippen molar-refractivity contribution in [3.63, 3.8) is 0 Å². The van der Waals surface area contributed by atoms with Gasteiger partial charge in [-0.05, 0) is 17.5 Å². The highest BCUT2D eigenvalue weighted by atomic mass is 32.1. The molecule has 2 heterocycles. The van der Waals surface area contributed by atoms with Gasteiger partial charge in [-0.3, -0.25) is 9.89 Å². The summed E-state index contributed by atoms with van der Waals surface area (Å²) < 4.78 is 3.81. The highest BCUT2D eigenvalue weighted by Crippen LogP contribution is 2.21. The normalized spacial score (nSPS) is 10.7. The van der Waals surface area contributed by atoms with Crippen molar-refractivity contribution >= 4 is 40.5 Å². The summed E-state index contributed by atoms with van der Waals surface area (Å²) in [7, 11) is 0. The highest BCUT2D eigenvalue weighted by Gasteiger charge is 2.20. The molecule has 0 saturated heterocycles. The van der Waals surface area contributed by atoms with Crippen molar-refractivity contribution in [3.05, 3.63) is 22.3 Å². The number of nitrogens with zero attached hydrogens (tertiary/aromatic N) is 3. The minimum absolute atomic E-state index is 0.122. The summed E-state index contributed by atoms with van der Waals surface area (Å²) in [5.41, 5.74) is 6.69. The van der Waals surface area contributed by atoms with Crippen LogP contribution in [0.3, 0.4) is 0 Å². The Labute approximate surface area is 118 Å². The molecule has 2 aromatic heterocycles. The van der Waals surface area contributed by atoms with Gasteiger partial charge in [-0.1, -0.05) is 30.6 Å². The lowest BCUT2D eigenvalue weighted by Crippen LogP contribution is -2.17. The predicted octanol–water partition coefficient (Wildman–Crippen LogP) is 1.27. The number of aromatic nitrogens is 4. The first-order chi connectivity index (χ1) is 9.00. The number of nitrogens with one attached hydrogen (secondary N) is 2. The van der Waals surface area contributed by atoms with Gasteiger partial charge < -0.3 is 11.1 Å². The second-order valence-corrected chi connectivity index (χ2v) is 5.31. The zero-order valence-corrected chi connectivity index (χ0v) is 11.9. The summed E-state index contributed by atoms with van der Waals surface area (Å²) in [4.78, 5) is 12.8. The molecule has 0 aliphatic rings. The molecule has 7 nitrogen and oxygen atoms in total. The Morgan fingerprint density at radius 2 is 2.32 bits per heavy atom. The smallest absolute Gasteiger partial charge is 0.270 e. The third kappa shape index (κ3) is 2.76. The van der Waals surface area contributed by atoms with E-state index in [4.69, 9.17) is 18.0 Å². The lowest BCUT2D eigenvalue weighted by Gasteiger charge is -2.05. The van der Waals surface area contributed by atoms with Gasteiger partial charge in [0.2, 0.25) is 0 Å². The van der Waals surface area contributed by atoms with Gasteiger partial charge in [0.05, 0.1) is 17.5 Å². The van der Waals surface area contributed by atoms with Crippen molar-refractivity contribution in [2.45, 2.75) is 19.8 Å². The second-order valence-electron chi connectivity index (χ2n) is 4.12. The first kappa shape index (κ1) is 13.6. The van der Waals surface area contributed by atoms with E-state index in [-0.39, 0.29) is 16.8 Å². The molecule has 1 amide bonds. The van der Waals surface area contributed by atoms with Crippen LogP contribution >= 0.6 is 23.8 Å². The predicted molar refractivity (Wildman–Crippen MR) is 76.4 cm³/mol. The number of hydrogen-bond donors (Lipinski definition) is 3. The van der Waals surface area contributed by atoms with Crippen molar-refractivity contribution in [3.8, 4) is 0 Å². The van der Waals surface area contributed by atoms with Gasteiger partial charge >= 0.3 is 0 Å². The van der Waals surface area contributed by atoms with Gasteiger partial charge in [-0.15, -0.1) is 5.10 Å². The van der Waals surface area contributed by atoms with Crippen LogP contribution in [0.4, 0.5) is 5.82 Å². The Hall–Kier alpha value is -1.87. The first-order valence-corrected chi connectivity index (χ1v) is 6.65. The molecule has 19 heavy (non-hydrogen) atoms. The molecule has 2 rings (SSSR count). The Bertz CT molecular complexity index is 617. The molecule has 0 fully saturated rings. The van der Waals surface area contributed by atoms with Crippen LogP contribution in [-0.2, 0) is 0 Å². The topological polar surface area (TPSA) is 110 Å². The summed E-state index contributed by atoms with van der Waals surface area (Å²) in [6.45, 7) is 3.90. The van der Waals surface area contributed by atoms with E-state index in [1.807, 2.05) is 13.8 Å². The van der Waals surface area contributed by atoms with Gasteiger partial charge in [0.15, 0.2) is 0 Å². The number of H-pyrrole nitrogens is 1. The van der Waals surface area contributed by atoms with E-state index in [1.165, 1.54) is 6.20 Å². The molecular formula is C10H12N6OS2. The Balaban J connectivity index is 2.24. The fourth-order valence-electron chi connectivity index (χ4n) is 1.47. The van der Waals surface area contributed by atoms with Gasteiger partial charge in [-0.2, -0.15) is 5.10 Å². The maximum Gasteiger partial charge on any atom is 0.270 e. The standard InChI is InChI=1S/C10H12N6OS2/c1-4(2)6-7(19-16-14-6)10(17)13-9-5(8(11)18)3-12-15-9/h3-4H,1-2H3,(H2,11,18)(H2,12,13,15,17). The maximum atomic E-state index is 12.2. The summed E-state index contributed by atoms with van der Waals surface area (Å²) in [5.74, 6) is 0.192. The number of hydrogen-bond acceptors (Lipinski definition) is 6. The molecule has 0 aliphatic heterocycles. The molecule has 0 bridgehead atoms. The van der Waals surface area contributed by atoms with Crippen LogP contribution in [0.2, 0.25) is 0 Å². The Kier molecular flexibility index (Phi) is 3.86. The molecule has 0 atom stereocenters. The minimum atomic E-state index is -0.305. The van der Waals surface area contributed by atoms with Crippen LogP contribution in [0.25, 0.3) is 0 Å². The van der Waals surface area contributed by atoms with Crippen molar-refractivity contribution in [2.75, 3.05) is 5.32 Å². The fourth-order valence-corrected chi connectivity index (χ4v) is 2.34. The van der Waals surface area contributed by atoms with Crippen LogP contribution in [0.1, 0.15) is 40.7 Å². The van der Waals surface area contributed by atoms with Crippen LogP contribution in [0.15, 0.2) is 6.20 Å². The zero-order chi connectivity index (χ0) is 14.0. The van der Waals surface area contributed by atoms with Gasteiger partial charge in [-0.25, -0.2) is 0 Å². The molecule has 0 radical (unpaired) electrons. The second kappa shape index (κ2) is 5.41. The van der Waals surface area contributed by atoms with E-state index < -0.39 is 0 Å². The van der Waals surface area contributed by atoms with Crippen molar-refractivity contribution in [2.24, 2.45) is 5.73 Å². The average molecular weight is 296 g/mol. The fraction of sp³-hybridized carbons (Fsp3) is 0.300. The Morgan fingerprint density at radius 1 is 1.58 bits per heavy atom. The summed E-state index contributed by atoms with van der Waals surface area (Å²) >= 11 is 5.92. The number of rotatable bonds is 4. The zero-order valence-electron chi connectivity index (χ0n) is 10.3. The van der Waals surface area contributed by atoms with Gasteiger partial charge in [0, 0.05) is 0 Å². The number of amides is 1. The van der Waals surface area contributed by atoms with E-state index in [0.717, 1.165) is 11.5 Å². The Morgan fingerprint density at radius 3 is 2.95 bits per heavy atom. The number of nitrogens with two attached hydrogens (primary N) is 1. The maximum absolute atomic E-state index is 12.2. The van der Waals surface area contributed by atoms with Crippen molar-refractivity contribution in [1.82, 2.24) is 19.8 Å². The first-order valence-electron chi connectivity index (χ1n) is 5.47. The molecule has 4 N–H and O–H groups in total. The van der Waals surface area contributed by atoms with E-state index in [9.17, 15) is 4.79 Å². The van der Waals surface area contributed by atoms with E-state index in [1.54, 1.807) is 0 Å². The van der Waals surface area contributed by atoms with Crippen LogP contribution in [-0.4, -0.2) is 30.7 Å². The largest absolute Gasteiger partial charge is 0.389 e. The number of anilines is 1. The monoisotopic (exact) mass is 296 g/mol. The third-order valence-electron chi connectivity index (χ3n) is 2.41. The highest BCUT2D eigenvalue weighted by molar-refractivity contribution is 7.80.